The molecule has 0 saturated heterocycles. The van der Waals surface area contributed by atoms with Crippen molar-refractivity contribution in [3.8, 4) is 0 Å². The third kappa shape index (κ3) is 2.54. The number of carbonyl (C=O) groups is 1. The summed E-state index contributed by atoms with van der Waals surface area (Å²) in [6, 6.07) is 3.09. The number of hydrogen-bond donors (Lipinski definition) is 2. The van der Waals surface area contributed by atoms with Gasteiger partial charge in [-0.05, 0) is 11.4 Å². The van der Waals surface area contributed by atoms with E-state index in [1.165, 1.54) is 16.2 Å². The van der Waals surface area contributed by atoms with E-state index >= 15 is 0 Å². The van der Waals surface area contributed by atoms with Gasteiger partial charge in [0, 0.05) is 18.5 Å². The molecule has 0 spiro atoms. The lowest BCUT2D eigenvalue weighted by Gasteiger charge is -2.19. The van der Waals surface area contributed by atoms with E-state index in [0.29, 0.717) is 6.54 Å². The van der Waals surface area contributed by atoms with Crippen LogP contribution in [-0.2, 0) is 4.79 Å². The average molecular weight is 214 g/mol. The van der Waals surface area contributed by atoms with Crippen LogP contribution in [0.4, 0.5) is 0 Å². The van der Waals surface area contributed by atoms with Gasteiger partial charge in [0.25, 0.3) is 0 Å². The van der Waals surface area contributed by atoms with E-state index < -0.39 is 6.04 Å². The first-order chi connectivity index (χ1) is 6.66. The predicted molar refractivity (Wildman–Crippen MR) is 56.0 cm³/mol. The molecule has 0 radical (unpaired) electrons. The summed E-state index contributed by atoms with van der Waals surface area (Å²) in [6.07, 6.45) is 0. The quantitative estimate of drug-likeness (QED) is 0.752. The number of nitrogens with two attached hydrogens (primary N) is 1. The van der Waals surface area contributed by atoms with Crippen molar-refractivity contribution in [1.82, 2.24) is 4.90 Å². The Hall–Kier alpha value is -0.910. The van der Waals surface area contributed by atoms with Crippen LogP contribution in [-0.4, -0.2) is 36.1 Å². The Bertz CT molecular complexity index is 287. The number of aliphatic hydroxyl groups excluding tert-OH is 1. The first-order valence-corrected chi connectivity index (χ1v) is 5.19. The number of rotatable bonds is 4. The van der Waals surface area contributed by atoms with E-state index in [2.05, 4.69) is 0 Å². The van der Waals surface area contributed by atoms with Gasteiger partial charge in [0.1, 0.15) is 6.04 Å². The summed E-state index contributed by atoms with van der Waals surface area (Å²) < 4.78 is 0. The maximum Gasteiger partial charge on any atom is 0.244 e. The Balaban J connectivity index is 2.61. The Morgan fingerprint density at radius 3 is 3.00 bits per heavy atom. The number of hydrogen-bond acceptors (Lipinski definition) is 4. The Morgan fingerprint density at radius 2 is 2.50 bits per heavy atom. The fourth-order valence-electron chi connectivity index (χ4n) is 1.09. The molecule has 1 rings (SSSR count). The lowest BCUT2D eigenvalue weighted by molar-refractivity contribution is -0.131. The zero-order valence-corrected chi connectivity index (χ0v) is 8.83. The van der Waals surface area contributed by atoms with E-state index in [-0.39, 0.29) is 12.5 Å². The molecule has 1 heterocycles. The summed E-state index contributed by atoms with van der Waals surface area (Å²) in [5, 5.41) is 10.5. The highest BCUT2D eigenvalue weighted by Gasteiger charge is 2.19. The van der Waals surface area contributed by atoms with E-state index in [0.717, 1.165) is 4.88 Å². The first-order valence-electron chi connectivity index (χ1n) is 4.31. The standard InChI is InChI=1S/C9H14N2O2S/c1-11(4-5-12)9(13)8(10)7-3-2-6-14-7/h2-3,6,8,12H,4-5,10H2,1H3. The second-order valence-corrected chi connectivity index (χ2v) is 3.96. The highest BCUT2D eigenvalue weighted by Crippen LogP contribution is 2.18. The van der Waals surface area contributed by atoms with Crippen molar-refractivity contribution in [2.45, 2.75) is 6.04 Å². The lowest BCUT2D eigenvalue weighted by Crippen LogP contribution is -2.37. The Morgan fingerprint density at radius 1 is 1.79 bits per heavy atom. The van der Waals surface area contributed by atoms with Gasteiger partial charge in [-0.3, -0.25) is 4.79 Å². The van der Waals surface area contributed by atoms with Crippen LogP contribution in [0.5, 0.6) is 0 Å². The number of thiophene rings is 1. The molecule has 14 heavy (non-hydrogen) atoms. The minimum Gasteiger partial charge on any atom is -0.395 e. The molecule has 0 saturated carbocycles. The molecule has 1 amide bonds. The van der Waals surface area contributed by atoms with Crippen molar-refractivity contribution in [1.29, 1.82) is 0 Å². The van der Waals surface area contributed by atoms with Crippen LogP contribution in [0.3, 0.4) is 0 Å². The normalized spacial score (nSPS) is 12.5. The maximum absolute atomic E-state index is 11.6. The maximum atomic E-state index is 11.6. The number of aliphatic hydroxyl groups is 1. The highest BCUT2D eigenvalue weighted by atomic mass is 32.1. The monoisotopic (exact) mass is 214 g/mol. The largest absolute Gasteiger partial charge is 0.395 e. The molecule has 0 aliphatic rings. The average Bonchev–Trinajstić information content (AvgIpc) is 2.68. The van der Waals surface area contributed by atoms with Crippen LogP contribution in [0, 0.1) is 0 Å². The van der Waals surface area contributed by atoms with Crippen LogP contribution in [0.2, 0.25) is 0 Å². The summed E-state index contributed by atoms with van der Waals surface area (Å²) >= 11 is 1.46. The molecule has 1 unspecified atom stereocenters. The first kappa shape index (κ1) is 11.2. The van der Waals surface area contributed by atoms with E-state index in [1.54, 1.807) is 7.05 Å². The smallest absolute Gasteiger partial charge is 0.244 e. The van der Waals surface area contributed by atoms with Gasteiger partial charge < -0.3 is 15.7 Å². The van der Waals surface area contributed by atoms with Gasteiger partial charge >= 0.3 is 0 Å². The topological polar surface area (TPSA) is 66.6 Å². The molecule has 4 nitrogen and oxygen atoms in total. The van der Waals surface area contributed by atoms with Gasteiger partial charge in [0.05, 0.1) is 6.61 Å². The zero-order chi connectivity index (χ0) is 10.6. The van der Waals surface area contributed by atoms with Crippen molar-refractivity contribution >= 4 is 17.2 Å². The summed E-state index contributed by atoms with van der Waals surface area (Å²) in [5.41, 5.74) is 5.75. The summed E-state index contributed by atoms with van der Waals surface area (Å²) in [4.78, 5) is 13.9. The van der Waals surface area contributed by atoms with E-state index in [4.69, 9.17) is 10.8 Å². The molecular weight excluding hydrogens is 200 g/mol. The summed E-state index contributed by atoms with van der Waals surface area (Å²) in [5.74, 6) is -0.165. The number of nitrogens with zero attached hydrogens (tertiary/aromatic N) is 1. The predicted octanol–water partition coefficient (Wildman–Crippen LogP) is 0.199. The second kappa shape index (κ2) is 5.09. The van der Waals surface area contributed by atoms with E-state index in [1.807, 2.05) is 17.5 Å². The fourth-order valence-corrected chi connectivity index (χ4v) is 1.81. The van der Waals surface area contributed by atoms with Gasteiger partial charge in [0.2, 0.25) is 5.91 Å². The third-order valence-corrected chi connectivity index (χ3v) is 2.88. The molecule has 1 aromatic rings. The molecule has 3 N–H and O–H groups in total. The van der Waals surface area contributed by atoms with Crippen molar-refractivity contribution in [3.05, 3.63) is 22.4 Å². The van der Waals surface area contributed by atoms with Gasteiger partial charge in [-0.15, -0.1) is 11.3 Å². The van der Waals surface area contributed by atoms with Gasteiger partial charge in [-0.25, -0.2) is 0 Å². The minimum absolute atomic E-state index is 0.0423. The Kier molecular flexibility index (Phi) is 4.06. The molecule has 0 aliphatic carbocycles. The van der Waals surface area contributed by atoms with Crippen molar-refractivity contribution < 1.29 is 9.90 Å². The van der Waals surface area contributed by atoms with Crippen LogP contribution in [0.25, 0.3) is 0 Å². The molecular formula is C9H14N2O2S. The van der Waals surface area contributed by atoms with Gasteiger partial charge in [0.15, 0.2) is 0 Å². The molecule has 0 aromatic carbocycles. The van der Waals surface area contributed by atoms with Crippen LogP contribution in [0.1, 0.15) is 10.9 Å². The SMILES string of the molecule is CN(CCO)C(=O)C(N)c1cccs1. The molecule has 0 aliphatic heterocycles. The minimum atomic E-state index is -0.605. The number of carbonyl (C=O) groups excluding carboxylic acids is 1. The zero-order valence-electron chi connectivity index (χ0n) is 8.01. The highest BCUT2D eigenvalue weighted by molar-refractivity contribution is 7.10. The number of amides is 1. The van der Waals surface area contributed by atoms with Crippen LogP contribution < -0.4 is 5.73 Å². The molecule has 1 atom stereocenters. The van der Waals surface area contributed by atoms with Crippen molar-refractivity contribution in [2.24, 2.45) is 5.73 Å². The van der Waals surface area contributed by atoms with E-state index in [9.17, 15) is 4.79 Å². The van der Waals surface area contributed by atoms with Gasteiger partial charge in [-0.1, -0.05) is 6.07 Å². The molecule has 0 fully saturated rings. The second-order valence-electron chi connectivity index (χ2n) is 2.98. The van der Waals surface area contributed by atoms with Crippen LogP contribution in [0.15, 0.2) is 17.5 Å². The molecule has 78 valence electrons. The third-order valence-electron chi connectivity index (χ3n) is 1.93. The molecule has 5 heteroatoms. The van der Waals surface area contributed by atoms with Crippen LogP contribution >= 0.6 is 11.3 Å². The van der Waals surface area contributed by atoms with Gasteiger partial charge in [-0.2, -0.15) is 0 Å². The number of likely N-dealkylation sites (N-methyl/N-ethyl adjacent to an activating group) is 1. The van der Waals surface area contributed by atoms with Crippen molar-refractivity contribution in [3.63, 3.8) is 0 Å². The molecule has 0 bridgehead atoms. The molecule has 1 aromatic heterocycles. The Labute approximate surface area is 87.0 Å². The summed E-state index contributed by atoms with van der Waals surface area (Å²) in [6.45, 7) is 0.275. The lowest BCUT2D eigenvalue weighted by atomic mass is 10.2. The van der Waals surface area contributed by atoms with Crippen molar-refractivity contribution in [2.75, 3.05) is 20.2 Å². The summed E-state index contributed by atoms with van der Waals surface area (Å²) in [7, 11) is 1.63. The fraction of sp³-hybridized carbons (Fsp3) is 0.444.